The quantitative estimate of drug-likeness (QED) is 0.857. The number of anilines is 1. The Bertz CT molecular complexity index is 566. The van der Waals surface area contributed by atoms with E-state index in [1.54, 1.807) is 4.90 Å². The number of amides is 2. The number of carbonyl (C=O) groups is 1. The van der Waals surface area contributed by atoms with E-state index in [2.05, 4.69) is 29.6 Å². The summed E-state index contributed by atoms with van der Waals surface area (Å²) in [5.74, 6) is 0. The molecule has 1 fully saturated rings. The summed E-state index contributed by atoms with van der Waals surface area (Å²) in [6, 6.07) is 18.2. The van der Waals surface area contributed by atoms with E-state index in [9.17, 15) is 4.79 Å². The average molecular weight is 238 g/mol. The van der Waals surface area contributed by atoms with Crippen LogP contribution >= 0.6 is 0 Å². The molecule has 2 aromatic rings. The number of nitrogens with zero attached hydrogens (tertiary/aromatic N) is 1. The molecule has 1 aliphatic heterocycles. The highest BCUT2D eigenvalue weighted by Crippen LogP contribution is 2.25. The van der Waals surface area contributed by atoms with E-state index in [0.29, 0.717) is 6.54 Å². The minimum atomic E-state index is -0.0137. The zero-order chi connectivity index (χ0) is 12.4. The molecular weight excluding hydrogens is 224 g/mol. The predicted octanol–water partition coefficient (Wildman–Crippen LogP) is 2.88. The SMILES string of the molecule is O=C1NCCN1c1cccc(-c2ccccc2)c1. The van der Waals surface area contributed by atoms with Gasteiger partial charge in [0.1, 0.15) is 0 Å². The van der Waals surface area contributed by atoms with Gasteiger partial charge in [0.25, 0.3) is 0 Å². The van der Waals surface area contributed by atoms with Crippen LogP contribution in [0, 0.1) is 0 Å². The highest BCUT2D eigenvalue weighted by Gasteiger charge is 2.20. The molecule has 1 heterocycles. The minimum absolute atomic E-state index is 0.0137. The maximum absolute atomic E-state index is 11.6. The first kappa shape index (κ1) is 10.8. The number of hydrogen-bond donors (Lipinski definition) is 1. The lowest BCUT2D eigenvalue weighted by Crippen LogP contribution is -2.27. The van der Waals surface area contributed by atoms with Crippen molar-refractivity contribution in [2.75, 3.05) is 18.0 Å². The smallest absolute Gasteiger partial charge is 0.321 e. The highest BCUT2D eigenvalue weighted by molar-refractivity contribution is 5.94. The number of rotatable bonds is 2. The molecule has 3 rings (SSSR count). The van der Waals surface area contributed by atoms with Crippen LogP contribution < -0.4 is 10.2 Å². The Hall–Kier alpha value is -2.29. The van der Waals surface area contributed by atoms with Gasteiger partial charge in [0, 0.05) is 18.8 Å². The molecule has 1 saturated heterocycles. The maximum atomic E-state index is 11.6. The lowest BCUT2D eigenvalue weighted by atomic mass is 10.1. The first-order valence-corrected chi connectivity index (χ1v) is 6.05. The molecule has 0 bridgehead atoms. The molecule has 0 atom stereocenters. The molecule has 3 heteroatoms. The monoisotopic (exact) mass is 238 g/mol. The molecule has 0 unspecified atom stereocenters. The van der Waals surface area contributed by atoms with Gasteiger partial charge in [-0.3, -0.25) is 4.90 Å². The van der Waals surface area contributed by atoms with Crippen molar-refractivity contribution >= 4 is 11.7 Å². The second-order valence-electron chi connectivity index (χ2n) is 4.30. The summed E-state index contributed by atoms with van der Waals surface area (Å²) in [6.45, 7) is 1.45. The Labute approximate surface area is 106 Å². The maximum Gasteiger partial charge on any atom is 0.321 e. The van der Waals surface area contributed by atoms with E-state index in [1.165, 1.54) is 5.56 Å². The van der Waals surface area contributed by atoms with Crippen LogP contribution in [-0.4, -0.2) is 19.1 Å². The van der Waals surface area contributed by atoms with Gasteiger partial charge in [-0.1, -0.05) is 42.5 Å². The van der Waals surface area contributed by atoms with E-state index < -0.39 is 0 Å². The fraction of sp³-hybridized carbons (Fsp3) is 0.133. The minimum Gasteiger partial charge on any atom is -0.336 e. The second-order valence-corrected chi connectivity index (χ2v) is 4.30. The Kier molecular flexibility index (Phi) is 2.73. The van der Waals surface area contributed by atoms with Gasteiger partial charge < -0.3 is 5.32 Å². The molecule has 90 valence electrons. The molecule has 2 aromatic carbocycles. The molecule has 0 radical (unpaired) electrons. The van der Waals surface area contributed by atoms with Gasteiger partial charge in [-0.05, 0) is 23.3 Å². The number of nitrogens with one attached hydrogen (secondary N) is 1. The lowest BCUT2D eigenvalue weighted by molar-refractivity contribution is 0.252. The zero-order valence-electron chi connectivity index (χ0n) is 9.97. The third-order valence-corrected chi connectivity index (χ3v) is 3.12. The molecule has 3 nitrogen and oxygen atoms in total. The molecular formula is C15H14N2O. The van der Waals surface area contributed by atoms with Gasteiger partial charge in [-0.15, -0.1) is 0 Å². The van der Waals surface area contributed by atoms with Crippen molar-refractivity contribution in [1.82, 2.24) is 5.32 Å². The summed E-state index contributed by atoms with van der Waals surface area (Å²) in [4.78, 5) is 13.4. The van der Waals surface area contributed by atoms with Gasteiger partial charge in [-0.25, -0.2) is 4.79 Å². The zero-order valence-corrected chi connectivity index (χ0v) is 9.97. The standard InChI is InChI=1S/C15H14N2O/c18-15-16-9-10-17(15)14-8-4-7-13(11-14)12-5-2-1-3-6-12/h1-8,11H,9-10H2,(H,16,18). The summed E-state index contributed by atoms with van der Waals surface area (Å²) >= 11 is 0. The van der Waals surface area contributed by atoms with Gasteiger partial charge in [0.15, 0.2) is 0 Å². The molecule has 0 aromatic heterocycles. The molecule has 1 N–H and O–H groups in total. The van der Waals surface area contributed by atoms with E-state index in [0.717, 1.165) is 17.8 Å². The average Bonchev–Trinajstić information content (AvgIpc) is 2.86. The lowest BCUT2D eigenvalue weighted by Gasteiger charge is -2.15. The van der Waals surface area contributed by atoms with Crippen LogP contribution in [0.2, 0.25) is 0 Å². The van der Waals surface area contributed by atoms with Crippen molar-refractivity contribution in [3.63, 3.8) is 0 Å². The third kappa shape index (κ3) is 1.95. The molecule has 0 saturated carbocycles. The van der Waals surface area contributed by atoms with E-state index in [1.807, 2.05) is 30.3 Å². The molecule has 1 aliphatic rings. The van der Waals surface area contributed by atoms with Crippen LogP contribution in [0.3, 0.4) is 0 Å². The van der Waals surface area contributed by atoms with E-state index >= 15 is 0 Å². The molecule has 2 amide bonds. The van der Waals surface area contributed by atoms with Crippen LogP contribution in [0.15, 0.2) is 54.6 Å². The molecule has 0 spiro atoms. The van der Waals surface area contributed by atoms with Gasteiger partial charge in [-0.2, -0.15) is 0 Å². The summed E-state index contributed by atoms with van der Waals surface area (Å²) in [7, 11) is 0. The van der Waals surface area contributed by atoms with Crippen molar-refractivity contribution in [2.24, 2.45) is 0 Å². The largest absolute Gasteiger partial charge is 0.336 e. The Morgan fingerprint density at radius 2 is 1.72 bits per heavy atom. The topological polar surface area (TPSA) is 32.3 Å². The van der Waals surface area contributed by atoms with Crippen LogP contribution in [0.25, 0.3) is 11.1 Å². The van der Waals surface area contributed by atoms with Gasteiger partial charge in [0.05, 0.1) is 0 Å². The van der Waals surface area contributed by atoms with Crippen LogP contribution in [0.1, 0.15) is 0 Å². The van der Waals surface area contributed by atoms with Crippen molar-refractivity contribution in [2.45, 2.75) is 0 Å². The van der Waals surface area contributed by atoms with Gasteiger partial charge >= 0.3 is 6.03 Å². The fourth-order valence-corrected chi connectivity index (χ4v) is 2.20. The second kappa shape index (κ2) is 4.53. The number of hydrogen-bond acceptors (Lipinski definition) is 1. The first-order chi connectivity index (χ1) is 8.84. The summed E-state index contributed by atoms with van der Waals surface area (Å²) < 4.78 is 0. The van der Waals surface area contributed by atoms with Crippen molar-refractivity contribution < 1.29 is 4.79 Å². The van der Waals surface area contributed by atoms with Crippen LogP contribution in [0.5, 0.6) is 0 Å². The Morgan fingerprint density at radius 3 is 2.44 bits per heavy atom. The number of benzene rings is 2. The first-order valence-electron chi connectivity index (χ1n) is 6.05. The summed E-state index contributed by atoms with van der Waals surface area (Å²) in [6.07, 6.45) is 0. The van der Waals surface area contributed by atoms with Crippen LogP contribution in [-0.2, 0) is 0 Å². The fourth-order valence-electron chi connectivity index (χ4n) is 2.20. The molecule has 0 aliphatic carbocycles. The van der Waals surface area contributed by atoms with Crippen molar-refractivity contribution in [1.29, 1.82) is 0 Å². The van der Waals surface area contributed by atoms with E-state index in [-0.39, 0.29) is 6.03 Å². The Morgan fingerprint density at radius 1 is 0.944 bits per heavy atom. The van der Waals surface area contributed by atoms with Crippen molar-refractivity contribution in [3.8, 4) is 11.1 Å². The summed E-state index contributed by atoms with van der Waals surface area (Å²) in [5, 5.41) is 2.81. The summed E-state index contributed by atoms with van der Waals surface area (Å²) in [5.41, 5.74) is 3.25. The molecule has 18 heavy (non-hydrogen) atoms. The normalized spacial score (nSPS) is 14.7. The number of carbonyl (C=O) groups excluding carboxylic acids is 1. The highest BCUT2D eigenvalue weighted by atomic mass is 16.2. The van der Waals surface area contributed by atoms with Crippen molar-refractivity contribution in [3.05, 3.63) is 54.6 Å². The van der Waals surface area contributed by atoms with E-state index in [4.69, 9.17) is 0 Å². The van der Waals surface area contributed by atoms with Crippen LogP contribution in [0.4, 0.5) is 10.5 Å². The predicted molar refractivity (Wildman–Crippen MR) is 72.6 cm³/mol. The van der Waals surface area contributed by atoms with Gasteiger partial charge in [0.2, 0.25) is 0 Å². The Balaban J connectivity index is 1.97. The third-order valence-electron chi connectivity index (χ3n) is 3.12. The number of urea groups is 1.